The Morgan fingerprint density at radius 3 is 2.64 bits per heavy atom. The summed E-state index contributed by atoms with van der Waals surface area (Å²) in [6, 6.07) is 14.2. The van der Waals surface area contributed by atoms with Gasteiger partial charge in [0.25, 0.3) is 11.8 Å². The van der Waals surface area contributed by atoms with Crippen molar-refractivity contribution in [1.29, 1.82) is 0 Å². The molecule has 184 valence electrons. The molecule has 0 aliphatic carbocycles. The Balaban J connectivity index is 1.43. The van der Waals surface area contributed by atoms with Crippen molar-refractivity contribution in [2.75, 3.05) is 13.6 Å². The molecule has 9 nitrogen and oxygen atoms in total. The van der Waals surface area contributed by atoms with E-state index in [0.717, 1.165) is 11.3 Å². The average Bonchev–Trinajstić information content (AvgIpc) is 2.88. The quantitative estimate of drug-likeness (QED) is 0.396. The SMILES string of the molecule is CCn1cc(C(=O)NCCc2cccc(Oc3ccnc(C(=O)NC)c3)c2)c(=O)c2ccc(C)nc21. The summed E-state index contributed by atoms with van der Waals surface area (Å²) in [6.45, 7) is 4.73. The molecular weight excluding hydrogens is 458 g/mol. The predicted octanol–water partition coefficient (Wildman–Crippen LogP) is 3.24. The number of aryl methyl sites for hydroxylation is 2. The van der Waals surface area contributed by atoms with Gasteiger partial charge >= 0.3 is 0 Å². The number of aromatic nitrogens is 3. The fourth-order valence-corrected chi connectivity index (χ4v) is 3.81. The molecule has 0 saturated heterocycles. The highest BCUT2D eigenvalue weighted by Gasteiger charge is 2.16. The summed E-state index contributed by atoms with van der Waals surface area (Å²) in [7, 11) is 1.54. The maximum atomic E-state index is 12.9. The molecular formula is C27H27N5O4. The molecule has 0 fully saturated rings. The van der Waals surface area contributed by atoms with Crippen molar-refractivity contribution in [1.82, 2.24) is 25.2 Å². The second-order valence-electron chi connectivity index (χ2n) is 8.19. The first-order valence-corrected chi connectivity index (χ1v) is 11.6. The van der Waals surface area contributed by atoms with Crippen molar-refractivity contribution in [2.24, 2.45) is 0 Å². The van der Waals surface area contributed by atoms with Crippen molar-refractivity contribution in [3.63, 3.8) is 0 Å². The van der Waals surface area contributed by atoms with E-state index in [-0.39, 0.29) is 22.6 Å². The van der Waals surface area contributed by atoms with E-state index in [2.05, 4.69) is 20.6 Å². The molecule has 9 heteroatoms. The van der Waals surface area contributed by atoms with Crippen molar-refractivity contribution in [2.45, 2.75) is 26.8 Å². The summed E-state index contributed by atoms with van der Waals surface area (Å²) in [5.41, 5.74) is 2.35. The van der Waals surface area contributed by atoms with E-state index < -0.39 is 5.91 Å². The third kappa shape index (κ3) is 5.41. The van der Waals surface area contributed by atoms with Gasteiger partial charge in [0.2, 0.25) is 5.43 Å². The van der Waals surface area contributed by atoms with Crippen LogP contribution in [0.1, 0.15) is 39.0 Å². The van der Waals surface area contributed by atoms with Crippen LogP contribution in [0.4, 0.5) is 0 Å². The topological polar surface area (TPSA) is 115 Å². The molecule has 0 spiro atoms. The number of ether oxygens (including phenoxy) is 1. The molecule has 4 rings (SSSR count). The lowest BCUT2D eigenvalue weighted by Gasteiger charge is -2.12. The molecule has 4 aromatic rings. The van der Waals surface area contributed by atoms with Crippen LogP contribution in [-0.2, 0) is 13.0 Å². The Hall–Kier alpha value is -4.53. The van der Waals surface area contributed by atoms with Crippen LogP contribution < -0.4 is 20.8 Å². The first-order chi connectivity index (χ1) is 17.4. The molecule has 2 amide bonds. The molecule has 0 unspecified atom stereocenters. The van der Waals surface area contributed by atoms with Crippen LogP contribution in [0.25, 0.3) is 11.0 Å². The number of fused-ring (bicyclic) bond motifs is 1. The third-order valence-electron chi connectivity index (χ3n) is 5.67. The molecule has 0 aliphatic rings. The zero-order chi connectivity index (χ0) is 25.7. The average molecular weight is 486 g/mol. The summed E-state index contributed by atoms with van der Waals surface area (Å²) in [4.78, 5) is 46.1. The lowest BCUT2D eigenvalue weighted by atomic mass is 10.1. The maximum absolute atomic E-state index is 12.9. The van der Waals surface area contributed by atoms with Gasteiger partial charge < -0.3 is 19.9 Å². The number of hydrogen-bond acceptors (Lipinski definition) is 6. The molecule has 2 N–H and O–H groups in total. The summed E-state index contributed by atoms with van der Waals surface area (Å²) >= 11 is 0. The Labute approximate surface area is 208 Å². The van der Waals surface area contributed by atoms with Gasteiger partial charge in [-0.1, -0.05) is 12.1 Å². The van der Waals surface area contributed by atoms with E-state index >= 15 is 0 Å². The number of pyridine rings is 3. The van der Waals surface area contributed by atoms with E-state index in [1.165, 1.54) is 13.2 Å². The van der Waals surface area contributed by atoms with Crippen LogP contribution in [-0.4, -0.2) is 39.9 Å². The molecule has 3 heterocycles. The minimum atomic E-state index is -0.421. The Bertz CT molecular complexity index is 1500. The van der Waals surface area contributed by atoms with Gasteiger partial charge in [-0.3, -0.25) is 19.4 Å². The minimum Gasteiger partial charge on any atom is -0.457 e. The fourth-order valence-electron chi connectivity index (χ4n) is 3.81. The third-order valence-corrected chi connectivity index (χ3v) is 5.67. The molecule has 0 bridgehead atoms. The highest BCUT2D eigenvalue weighted by molar-refractivity contribution is 5.96. The number of nitrogens with one attached hydrogen (secondary N) is 2. The van der Waals surface area contributed by atoms with Crippen molar-refractivity contribution < 1.29 is 14.3 Å². The predicted molar refractivity (Wildman–Crippen MR) is 137 cm³/mol. The number of rotatable bonds is 8. The van der Waals surface area contributed by atoms with Gasteiger partial charge in [0, 0.05) is 44.3 Å². The van der Waals surface area contributed by atoms with Gasteiger partial charge in [-0.15, -0.1) is 0 Å². The Kier molecular flexibility index (Phi) is 7.39. The van der Waals surface area contributed by atoms with Crippen LogP contribution >= 0.6 is 0 Å². The van der Waals surface area contributed by atoms with Gasteiger partial charge in [0.05, 0.1) is 5.39 Å². The standard InChI is InChI=1S/C27H27N5O4/c1-4-32-16-22(24(33)21-9-8-17(2)31-25(21)32)26(34)30-12-10-18-6-5-7-19(14-18)36-20-11-13-29-23(15-20)27(35)28-3/h5-9,11,13-16H,4,10,12H2,1-3H3,(H,28,35)(H,30,34). The van der Waals surface area contributed by atoms with Crippen LogP contribution in [0, 0.1) is 6.92 Å². The molecule has 0 aliphatic heterocycles. The van der Waals surface area contributed by atoms with Crippen molar-refractivity contribution in [3.05, 3.63) is 93.7 Å². The molecule has 1 aromatic carbocycles. The number of nitrogens with zero attached hydrogens (tertiary/aromatic N) is 3. The van der Waals surface area contributed by atoms with Gasteiger partial charge in [0.1, 0.15) is 28.4 Å². The summed E-state index contributed by atoms with van der Waals surface area (Å²) in [5, 5.41) is 5.80. The van der Waals surface area contributed by atoms with Gasteiger partial charge in [-0.25, -0.2) is 4.98 Å². The highest BCUT2D eigenvalue weighted by atomic mass is 16.5. The monoisotopic (exact) mass is 485 g/mol. The van der Waals surface area contributed by atoms with E-state index in [9.17, 15) is 14.4 Å². The van der Waals surface area contributed by atoms with E-state index in [1.807, 2.05) is 36.6 Å². The number of hydrogen-bond donors (Lipinski definition) is 2. The van der Waals surface area contributed by atoms with Gasteiger partial charge in [-0.05, 0) is 56.2 Å². The molecule has 0 atom stereocenters. The summed E-state index contributed by atoms with van der Waals surface area (Å²) in [5.74, 6) is 0.363. The largest absolute Gasteiger partial charge is 0.457 e. The second kappa shape index (κ2) is 10.8. The normalized spacial score (nSPS) is 10.8. The van der Waals surface area contributed by atoms with E-state index in [1.54, 1.807) is 36.5 Å². The van der Waals surface area contributed by atoms with Gasteiger partial charge in [-0.2, -0.15) is 0 Å². The van der Waals surface area contributed by atoms with Crippen LogP contribution in [0.15, 0.2) is 65.7 Å². The van der Waals surface area contributed by atoms with E-state index in [4.69, 9.17) is 4.74 Å². The number of benzene rings is 1. The number of carbonyl (C=O) groups is 2. The lowest BCUT2D eigenvalue weighted by molar-refractivity contribution is 0.0946. The van der Waals surface area contributed by atoms with Crippen LogP contribution in [0.5, 0.6) is 11.5 Å². The van der Waals surface area contributed by atoms with Crippen molar-refractivity contribution >= 4 is 22.8 Å². The van der Waals surface area contributed by atoms with Gasteiger partial charge in [0.15, 0.2) is 0 Å². The maximum Gasteiger partial charge on any atom is 0.269 e. The van der Waals surface area contributed by atoms with E-state index in [0.29, 0.717) is 42.0 Å². The number of amides is 2. The second-order valence-corrected chi connectivity index (χ2v) is 8.19. The minimum absolute atomic E-state index is 0.0942. The first kappa shape index (κ1) is 24.6. The fraction of sp³-hybridized carbons (Fsp3) is 0.222. The zero-order valence-corrected chi connectivity index (χ0v) is 20.4. The molecule has 36 heavy (non-hydrogen) atoms. The Morgan fingerprint density at radius 2 is 1.86 bits per heavy atom. The smallest absolute Gasteiger partial charge is 0.269 e. The zero-order valence-electron chi connectivity index (χ0n) is 20.4. The lowest BCUT2D eigenvalue weighted by Crippen LogP contribution is -2.31. The van der Waals surface area contributed by atoms with Crippen LogP contribution in [0.2, 0.25) is 0 Å². The number of carbonyl (C=O) groups excluding carboxylic acids is 2. The highest BCUT2D eigenvalue weighted by Crippen LogP contribution is 2.22. The first-order valence-electron chi connectivity index (χ1n) is 11.6. The molecule has 0 radical (unpaired) electrons. The summed E-state index contributed by atoms with van der Waals surface area (Å²) in [6.07, 6.45) is 3.62. The van der Waals surface area contributed by atoms with Crippen molar-refractivity contribution in [3.8, 4) is 11.5 Å². The molecule has 3 aromatic heterocycles. The van der Waals surface area contributed by atoms with Crippen LogP contribution in [0.3, 0.4) is 0 Å². The summed E-state index contributed by atoms with van der Waals surface area (Å²) < 4.78 is 7.70. The molecule has 0 saturated carbocycles. The Morgan fingerprint density at radius 1 is 1.06 bits per heavy atom.